The Labute approximate surface area is 122 Å². The third kappa shape index (κ3) is 2.71. The van der Waals surface area contributed by atoms with E-state index < -0.39 is 0 Å². The molecule has 1 saturated heterocycles. The van der Waals surface area contributed by atoms with Crippen LogP contribution in [0.4, 0.5) is 5.69 Å². The van der Waals surface area contributed by atoms with Crippen molar-refractivity contribution in [1.29, 1.82) is 0 Å². The smallest absolute Gasteiger partial charge is 0.310 e. The number of nitrogens with two attached hydrogens (primary N) is 1. The lowest BCUT2D eigenvalue weighted by atomic mass is 10.1. The summed E-state index contributed by atoms with van der Waals surface area (Å²) >= 11 is 0. The Morgan fingerprint density at radius 1 is 1.52 bits per heavy atom. The fourth-order valence-corrected chi connectivity index (χ4v) is 2.68. The zero-order valence-electron chi connectivity index (χ0n) is 12.0. The summed E-state index contributed by atoms with van der Waals surface area (Å²) in [6, 6.07) is 3.64. The molecule has 1 atom stereocenters. The number of esters is 1. The molecule has 1 fully saturated rings. The molecule has 1 aromatic heterocycles. The Morgan fingerprint density at radius 3 is 3.10 bits per heavy atom. The van der Waals surface area contributed by atoms with Gasteiger partial charge in [0.25, 0.3) is 0 Å². The van der Waals surface area contributed by atoms with Crippen molar-refractivity contribution in [2.75, 3.05) is 19.5 Å². The lowest BCUT2D eigenvalue weighted by Gasteiger charge is -2.22. The molecule has 1 unspecified atom stereocenters. The molecule has 6 nitrogen and oxygen atoms in total. The summed E-state index contributed by atoms with van der Waals surface area (Å²) in [7, 11) is 1.37. The number of aromatic nitrogens is 2. The minimum atomic E-state index is -0.309. The largest absolute Gasteiger partial charge is 0.469 e. The summed E-state index contributed by atoms with van der Waals surface area (Å²) in [5.41, 5.74) is 8.16. The predicted octanol–water partition coefficient (Wildman–Crippen LogP) is 2.03. The predicted molar refractivity (Wildman–Crippen MR) is 78.7 cm³/mol. The van der Waals surface area contributed by atoms with Crippen LogP contribution in [0.15, 0.2) is 18.3 Å². The fraction of sp³-hybridized carbons (Fsp3) is 0.467. The summed E-state index contributed by atoms with van der Waals surface area (Å²) < 4.78 is 12.3. The van der Waals surface area contributed by atoms with Crippen LogP contribution in [0.2, 0.25) is 0 Å². The van der Waals surface area contributed by atoms with E-state index in [-0.39, 0.29) is 18.6 Å². The molecule has 0 spiro atoms. The maximum atomic E-state index is 11.6. The van der Waals surface area contributed by atoms with Gasteiger partial charge in [-0.3, -0.25) is 4.79 Å². The molecule has 6 heteroatoms. The summed E-state index contributed by atoms with van der Waals surface area (Å²) in [5.74, 6) is -0.309. The van der Waals surface area contributed by atoms with Crippen molar-refractivity contribution in [2.45, 2.75) is 31.9 Å². The first kappa shape index (κ1) is 13.9. The van der Waals surface area contributed by atoms with Crippen molar-refractivity contribution in [1.82, 2.24) is 9.78 Å². The lowest BCUT2D eigenvalue weighted by Crippen LogP contribution is -2.18. The molecule has 0 saturated carbocycles. The number of anilines is 1. The summed E-state index contributed by atoms with van der Waals surface area (Å²) in [6.45, 7) is 0.762. The van der Waals surface area contributed by atoms with Gasteiger partial charge in [0.1, 0.15) is 6.23 Å². The van der Waals surface area contributed by atoms with Gasteiger partial charge in [0.2, 0.25) is 0 Å². The highest BCUT2D eigenvalue weighted by Crippen LogP contribution is 2.28. The van der Waals surface area contributed by atoms with Crippen LogP contribution < -0.4 is 5.73 Å². The van der Waals surface area contributed by atoms with E-state index in [0.717, 1.165) is 42.3 Å². The van der Waals surface area contributed by atoms with E-state index in [9.17, 15) is 4.79 Å². The maximum Gasteiger partial charge on any atom is 0.310 e. The van der Waals surface area contributed by atoms with E-state index in [1.807, 2.05) is 16.9 Å². The van der Waals surface area contributed by atoms with Crippen LogP contribution in [0.25, 0.3) is 10.9 Å². The van der Waals surface area contributed by atoms with Crippen LogP contribution in [0.3, 0.4) is 0 Å². The average molecular weight is 289 g/mol. The zero-order chi connectivity index (χ0) is 14.8. The number of methoxy groups -OCH3 is 1. The molecule has 0 radical (unpaired) electrons. The van der Waals surface area contributed by atoms with Gasteiger partial charge in [-0.25, -0.2) is 4.68 Å². The molecule has 0 aliphatic carbocycles. The van der Waals surface area contributed by atoms with E-state index in [2.05, 4.69) is 5.10 Å². The second-order valence-electron chi connectivity index (χ2n) is 5.25. The monoisotopic (exact) mass is 289 g/mol. The normalized spacial score (nSPS) is 18.8. The van der Waals surface area contributed by atoms with Gasteiger partial charge in [0.15, 0.2) is 0 Å². The third-order valence-electron chi connectivity index (χ3n) is 3.85. The number of hydrogen-bond donors (Lipinski definition) is 1. The maximum absolute atomic E-state index is 11.6. The first-order valence-corrected chi connectivity index (χ1v) is 7.13. The van der Waals surface area contributed by atoms with Crippen LogP contribution in [0.1, 0.15) is 31.1 Å². The van der Waals surface area contributed by atoms with Crippen LogP contribution in [0, 0.1) is 0 Å². The molecular formula is C15H19N3O3. The Balaban J connectivity index is 1.99. The van der Waals surface area contributed by atoms with Crippen molar-refractivity contribution in [3.8, 4) is 0 Å². The number of hydrogen-bond acceptors (Lipinski definition) is 5. The molecule has 2 aromatic rings. The van der Waals surface area contributed by atoms with Gasteiger partial charge in [-0.1, -0.05) is 0 Å². The van der Waals surface area contributed by atoms with E-state index in [0.29, 0.717) is 5.69 Å². The molecule has 0 amide bonds. The van der Waals surface area contributed by atoms with Crippen molar-refractivity contribution >= 4 is 22.6 Å². The molecule has 21 heavy (non-hydrogen) atoms. The molecule has 112 valence electrons. The minimum Gasteiger partial charge on any atom is -0.469 e. The minimum absolute atomic E-state index is 0.0293. The number of nitrogens with zero attached hydrogens (tertiary/aromatic N) is 2. The zero-order valence-corrected chi connectivity index (χ0v) is 12.0. The van der Waals surface area contributed by atoms with Crippen molar-refractivity contribution in [2.24, 2.45) is 0 Å². The number of benzene rings is 1. The number of carbonyl (C=O) groups is 1. The Bertz CT molecular complexity index is 659. The van der Waals surface area contributed by atoms with Crippen molar-refractivity contribution < 1.29 is 14.3 Å². The number of ether oxygens (including phenoxy) is 2. The highest BCUT2D eigenvalue weighted by atomic mass is 16.5. The van der Waals surface area contributed by atoms with E-state index in [4.69, 9.17) is 15.2 Å². The quantitative estimate of drug-likeness (QED) is 0.691. The first-order chi connectivity index (χ1) is 10.2. The third-order valence-corrected chi connectivity index (χ3v) is 3.85. The summed E-state index contributed by atoms with van der Waals surface area (Å²) in [4.78, 5) is 11.6. The standard InChI is InChI=1S/C15H19N3O3/c1-20-15(19)8-10-11-9-18(14-4-2-3-7-21-14)17-13(11)6-5-12(10)16/h5-6,9,14H,2-4,7-8,16H2,1H3. The number of carbonyl (C=O) groups excluding carboxylic acids is 1. The van der Waals surface area contributed by atoms with Gasteiger partial charge in [0, 0.05) is 23.9 Å². The van der Waals surface area contributed by atoms with E-state index in [1.165, 1.54) is 7.11 Å². The van der Waals surface area contributed by atoms with E-state index >= 15 is 0 Å². The summed E-state index contributed by atoms with van der Waals surface area (Å²) in [5, 5.41) is 5.44. The Kier molecular flexibility index (Phi) is 3.79. The van der Waals surface area contributed by atoms with Gasteiger partial charge in [0.05, 0.1) is 19.0 Å². The highest BCUT2D eigenvalue weighted by molar-refractivity contribution is 5.90. The van der Waals surface area contributed by atoms with Crippen LogP contribution in [-0.2, 0) is 20.7 Å². The number of rotatable bonds is 3. The van der Waals surface area contributed by atoms with E-state index in [1.54, 1.807) is 6.07 Å². The van der Waals surface area contributed by atoms with Crippen molar-refractivity contribution in [3.63, 3.8) is 0 Å². The molecular weight excluding hydrogens is 270 g/mol. The molecule has 2 heterocycles. The first-order valence-electron chi connectivity index (χ1n) is 7.13. The molecule has 1 aliphatic heterocycles. The van der Waals surface area contributed by atoms with Crippen LogP contribution >= 0.6 is 0 Å². The SMILES string of the molecule is COC(=O)Cc1c(N)ccc2nn(C3CCCCO3)cc12. The second-order valence-corrected chi connectivity index (χ2v) is 5.25. The van der Waals surface area contributed by atoms with Crippen LogP contribution in [0.5, 0.6) is 0 Å². The van der Waals surface area contributed by atoms with Gasteiger partial charge in [-0.05, 0) is 37.0 Å². The number of fused-ring (bicyclic) bond motifs is 1. The fourth-order valence-electron chi connectivity index (χ4n) is 2.68. The van der Waals surface area contributed by atoms with Gasteiger partial charge >= 0.3 is 5.97 Å². The molecule has 1 aromatic carbocycles. The molecule has 3 rings (SSSR count). The number of nitrogen functional groups attached to an aromatic ring is 1. The molecule has 1 aliphatic rings. The average Bonchev–Trinajstić information content (AvgIpc) is 2.95. The molecule has 0 bridgehead atoms. The van der Waals surface area contributed by atoms with Crippen molar-refractivity contribution in [3.05, 3.63) is 23.9 Å². The van der Waals surface area contributed by atoms with Gasteiger partial charge < -0.3 is 15.2 Å². The topological polar surface area (TPSA) is 79.4 Å². The molecule has 2 N–H and O–H groups in total. The summed E-state index contributed by atoms with van der Waals surface area (Å²) in [6.07, 6.45) is 5.22. The highest BCUT2D eigenvalue weighted by Gasteiger charge is 2.19. The second kappa shape index (κ2) is 5.73. The lowest BCUT2D eigenvalue weighted by molar-refractivity contribution is -0.139. The van der Waals surface area contributed by atoms with Gasteiger partial charge in [-0.2, -0.15) is 5.10 Å². The van der Waals surface area contributed by atoms with Gasteiger partial charge in [-0.15, -0.1) is 0 Å². The Hall–Kier alpha value is -2.08. The Morgan fingerprint density at radius 2 is 2.38 bits per heavy atom. The van der Waals surface area contributed by atoms with Crippen LogP contribution in [-0.4, -0.2) is 29.5 Å².